The van der Waals surface area contributed by atoms with Gasteiger partial charge in [0, 0.05) is 0 Å². The van der Waals surface area contributed by atoms with E-state index >= 15 is 0 Å². The average Bonchev–Trinajstić information content (AvgIpc) is 2.51. The maximum Gasteiger partial charge on any atom is 0.275 e. The molecule has 0 aromatic heterocycles. The summed E-state index contributed by atoms with van der Waals surface area (Å²) in [5, 5.41) is 1.37. The Kier molecular flexibility index (Phi) is 5.24. The van der Waals surface area contributed by atoms with E-state index in [1.807, 2.05) is 0 Å². The Hall–Kier alpha value is -2.40. The van der Waals surface area contributed by atoms with Crippen molar-refractivity contribution >= 4 is 23.4 Å². The third kappa shape index (κ3) is 3.92. The van der Waals surface area contributed by atoms with Crippen molar-refractivity contribution in [2.45, 2.75) is 26.3 Å². The minimum Gasteiger partial charge on any atom is -0.267 e. The molecule has 0 saturated carbocycles. The van der Waals surface area contributed by atoms with Gasteiger partial charge in [-0.05, 0) is 45.0 Å². The molecule has 24 heavy (non-hydrogen) atoms. The maximum absolute atomic E-state index is 13.9. The molecule has 126 valence electrons. The molecule has 0 aliphatic carbocycles. The third-order valence-corrected chi connectivity index (χ3v) is 3.64. The van der Waals surface area contributed by atoms with E-state index in [0.717, 1.165) is 5.01 Å². The number of carbonyl (C=O) groups excluding carboxylic acids is 2. The predicted octanol–water partition coefficient (Wildman–Crippen LogP) is 4.06. The molecule has 0 aliphatic rings. The average molecular weight is 349 g/mol. The normalized spacial score (nSPS) is 11.0. The van der Waals surface area contributed by atoms with Gasteiger partial charge in [-0.25, -0.2) is 9.40 Å². The molecule has 0 heterocycles. The van der Waals surface area contributed by atoms with E-state index in [1.54, 1.807) is 51.1 Å². The zero-order chi connectivity index (χ0) is 17.9. The molecule has 0 aliphatic heterocycles. The summed E-state index contributed by atoms with van der Waals surface area (Å²) in [5.74, 6) is -1.83. The number of amides is 2. The molecular weight excluding hydrogens is 331 g/mol. The summed E-state index contributed by atoms with van der Waals surface area (Å²) in [6.07, 6.45) is 0. The Bertz CT molecular complexity index is 772. The van der Waals surface area contributed by atoms with Crippen LogP contribution in [0, 0.1) is 5.82 Å². The van der Waals surface area contributed by atoms with Gasteiger partial charge in [0.2, 0.25) is 0 Å². The van der Waals surface area contributed by atoms with Gasteiger partial charge < -0.3 is 0 Å². The number of carbonyl (C=O) groups is 2. The second-order valence-electron chi connectivity index (χ2n) is 6.21. The van der Waals surface area contributed by atoms with E-state index in [0.29, 0.717) is 0 Å². The minimum atomic E-state index is -0.768. The Morgan fingerprint density at radius 1 is 1.00 bits per heavy atom. The van der Waals surface area contributed by atoms with Crippen LogP contribution in [0.3, 0.4) is 0 Å². The first-order valence-electron chi connectivity index (χ1n) is 7.36. The number of hydrazine groups is 1. The van der Waals surface area contributed by atoms with Gasteiger partial charge in [0.05, 0.1) is 21.7 Å². The summed E-state index contributed by atoms with van der Waals surface area (Å²) in [6.45, 7) is 5.20. The molecule has 0 atom stereocenters. The molecule has 4 nitrogen and oxygen atoms in total. The fourth-order valence-electron chi connectivity index (χ4n) is 2.09. The van der Waals surface area contributed by atoms with Crippen molar-refractivity contribution in [1.29, 1.82) is 0 Å². The summed E-state index contributed by atoms with van der Waals surface area (Å²) < 4.78 is 13.9. The number of nitrogens with one attached hydrogen (secondary N) is 1. The van der Waals surface area contributed by atoms with Crippen LogP contribution >= 0.6 is 11.6 Å². The van der Waals surface area contributed by atoms with E-state index in [1.165, 1.54) is 18.2 Å². The smallest absolute Gasteiger partial charge is 0.267 e. The highest BCUT2D eigenvalue weighted by Crippen LogP contribution is 2.19. The SMILES string of the molecule is CC(C)(C)N(NC(=O)c1ccccc1Cl)C(=O)c1ccccc1F. The summed E-state index contributed by atoms with van der Waals surface area (Å²) in [6, 6.07) is 12.1. The standard InChI is InChI=1S/C18H18ClFN2O2/c1-18(2,3)22(17(24)13-9-5-7-11-15(13)20)21-16(23)12-8-4-6-10-14(12)19/h4-11H,1-3H3,(H,21,23). The Morgan fingerprint density at radius 3 is 2.08 bits per heavy atom. The van der Waals surface area contributed by atoms with Gasteiger partial charge >= 0.3 is 0 Å². The zero-order valence-electron chi connectivity index (χ0n) is 13.6. The summed E-state index contributed by atoms with van der Waals surface area (Å²) >= 11 is 6.01. The van der Waals surface area contributed by atoms with Gasteiger partial charge in [-0.15, -0.1) is 0 Å². The van der Waals surface area contributed by atoms with Crippen molar-refractivity contribution in [3.63, 3.8) is 0 Å². The first-order valence-corrected chi connectivity index (χ1v) is 7.74. The highest BCUT2D eigenvalue weighted by Gasteiger charge is 2.31. The van der Waals surface area contributed by atoms with E-state index < -0.39 is 23.2 Å². The van der Waals surface area contributed by atoms with Crippen LogP contribution in [0.5, 0.6) is 0 Å². The number of hydrogen-bond donors (Lipinski definition) is 1. The lowest BCUT2D eigenvalue weighted by molar-refractivity contribution is 0.0355. The van der Waals surface area contributed by atoms with Crippen molar-refractivity contribution in [2.75, 3.05) is 0 Å². The summed E-state index contributed by atoms with van der Waals surface area (Å²) in [7, 11) is 0. The van der Waals surface area contributed by atoms with E-state index in [4.69, 9.17) is 11.6 Å². The maximum atomic E-state index is 13.9. The number of nitrogens with zero attached hydrogens (tertiary/aromatic N) is 1. The van der Waals surface area contributed by atoms with Crippen LogP contribution in [0.2, 0.25) is 5.02 Å². The molecule has 0 bridgehead atoms. The van der Waals surface area contributed by atoms with Crippen LogP contribution in [0.1, 0.15) is 41.5 Å². The molecule has 2 aromatic carbocycles. The second-order valence-corrected chi connectivity index (χ2v) is 6.62. The summed E-state index contributed by atoms with van der Waals surface area (Å²) in [5.41, 5.74) is 1.88. The lowest BCUT2D eigenvalue weighted by Gasteiger charge is -2.35. The quantitative estimate of drug-likeness (QED) is 0.832. The predicted molar refractivity (Wildman–Crippen MR) is 91.2 cm³/mol. The fourth-order valence-corrected chi connectivity index (χ4v) is 2.31. The van der Waals surface area contributed by atoms with Gasteiger partial charge in [-0.1, -0.05) is 35.9 Å². The van der Waals surface area contributed by atoms with Gasteiger partial charge in [0.15, 0.2) is 0 Å². The summed E-state index contributed by atoms with van der Waals surface area (Å²) in [4.78, 5) is 25.2. The highest BCUT2D eigenvalue weighted by molar-refractivity contribution is 6.33. The lowest BCUT2D eigenvalue weighted by atomic mass is 10.1. The van der Waals surface area contributed by atoms with Gasteiger partial charge in [0.25, 0.3) is 11.8 Å². The monoisotopic (exact) mass is 348 g/mol. The first-order chi connectivity index (χ1) is 11.2. The second kappa shape index (κ2) is 7.01. The minimum absolute atomic E-state index is 0.119. The Labute approximate surface area is 145 Å². The number of halogens is 2. The van der Waals surface area contributed by atoms with Crippen LogP contribution < -0.4 is 5.43 Å². The molecule has 0 spiro atoms. The van der Waals surface area contributed by atoms with Crippen LogP contribution in [0.25, 0.3) is 0 Å². The van der Waals surface area contributed by atoms with Gasteiger partial charge in [-0.2, -0.15) is 0 Å². The largest absolute Gasteiger partial charge is 0.275 e. The van der Waals surface area contributed by atoms with Crippen LogP contribution in [0.4, 0.5) is 4.39 Å². The topological polar surface area (TPSA) is 49.4 Å². The van der Waals surface area contributed by atoms with Crippen molar-refractivity contribution in [2.24, 2.45) is 0 Å². The van der Waals surface area contributed by atoms with E-state index in [9.17, 15) is 14.0 Å². The van der Waals surface area contributed by atoms with Crippen LogP contribution in [0.15, 0.2) is 48.5 Å². The first kappa shape index (κ1) is 17.9. The van der Waals surface area contributed by atoms with Gasteiger partial charge in [0.1, 0.15) is 5.82 Å². The van der Waals surface area contributed by atoms with E-state index in [2.05, 4.69) is 5.43 Å². The molecular formula is C18H18ClFN2O2. The molecule has 0 radical (unpaired) electrons. The number of hydrogen-bond acceptors (Lipinski definition) is 2. The van der Waals surface area contributed by atoms with Crippen molar-refractivity contribution < 1.29 is 14.0 Å². The Morgan fingerprint density at radius 2 is 1.54 bits per heavy atom. The van der Waals surface area contributed by atoms with Crippen LogP contribution in [-0.4, -0.2) is 22.4 Å². The Balaban J connectivity index is 2.34. The molecule has 2 rings (SSSR count). The van der Waals surface area contributed by atoms with Crippen molar-refractivity contribution in [3.05, 3.63) is 70.5 Å². The number of rotatable bonds is 2. The fraction of sp³-hybridized carbons (Fsp3) is 0.222. The third-order valence-electron chi connectivity index (χ3n) is 3.31. The van der Waals surface area contributed by atoms with Crippen LogP contribution in [-0.2, 0) is 0 Å². The van der Waals surface area contributed by atoms with Gasteiger partial charge in [-0.3, -0.25) is 15.0 Å². The molecule has 2 aromatic rings. The molecule has 0 saturated heterocycles. The van der Waals surface area contributed by atoms with Crippen molar-refractivity contribution in [3.8, 4) is 0 Å². The molecule has 2 amide bonds. The number of benzene rings is 2. The van der Waals surface area contributed by atoms with E-state index in [-0.39, 0.29) is 16.1 Å². The molecule has 0 unspecified atom stereocenters. The highest BCUT2D eigenvalue weighted by atomic mass is 35.5. The molecule has 6 heteroatoms. The van der Waals surface area contributed by atoms with Crippen molar-refractivity contribution in [1.82, 2.24) is 10.4 Å². The zero-order valence-corrected chi connectivity index (χ0v) is 14.4. The molecule has 1 N–H and O–H groups in total. The lowest BCUT2D eigenvalue weighted by Crippen LogP contribution is -2.56. The molecule has 0 fully saturated rings.